The van der Waals surface area contributed by atoms with Gasteiger partial charge in [-0.05, 0) is 50.2 Å². The molecule has 1 aromatic carbocycles. The van der Waals surface area contributed by atoms with Crippen molar-refractivity contribution in [2.45, 2.75) is 26.8 Å². The molecule has 0 aromatic heterocycles. The SMILES string of the molecule is CN(CCC(C)(C)CN)Cc1cc(F)ccc1F. The smallest absolute Gasteiger partial charge is 0.127 e. The molecule has 0 saturated heterocycles. The fourth-order valence-corrected chi connectivity index (χ4v) is 1.63. The van der Waals surface area contributed by atoms with Crippen molar-refractivity contribution in [3.05, 3.63) is 35.4 Å². The third kappa shape index (κ3) is 4.70. The molecule has 102 valence electrons. The van der Waals surface area contributed by atoms with E-state index < -0.39 is 5.82 Å². The largest absolute Gasteiger partial charge is 0.330 e. The number of benzene rings is 1. The van der Waals surface area contributed by atoms with E-state index in [0.29, 0.717) is 18.7 Å². The Hall–Kier alpha value is -1.00. The van der Waals surface area contributed by atoms with Crippen molar-refractivity contribution in [2.24, 2.45) is 11.1 Å². The van der Waals surface area contributed by atoms with Crippen molar-refractivity contribution in [2.75, 3.05) is 20.1 Å². The van der Waals surface area contributed by atoms with Crippen molar-refractivity contribution in [3.8, 4) is 0 Å². The van der Waals surface area contributed by atoms with Crippen molar-refractivity contribution >= 4 is 0 Å². The quantitative estimate of drug-likeness (QED) is 0.848. The monoisotopic (exact) mass is 256 g/mol. The molecule has 18 heavy (non-hydrogen) atoms. The highest BCUT2D eigenvalue weighted by Gasteiger charge is 2.16. The summed E-state index contributed by atoms with van der Waals surface area (Å²) in [6.45, 7) is 6.03. The molecular weight excluding hydrogens is 234 g/mol. The molecule has 2 nitrogen and oxygen atoms in total. The topological polar surface area (TPSA) is 29.3 Å². The first-order chi connectivity index (χ1) is 8.34. The van der Waals surface area contributed by atoms with E-state index in [9.17, 15) is 8.78 Å². The van der Waals surface area contributed by atoms with E-state index in [0.717, 1.165) is 19.0 Å². The summed E-state index contributed by atoms with van der Waals surface area (Å²) < 4.78 is 26.5. The van der Waals surface area contributed by atoms with Crippen LogP contribution in [0.1, 0.15) is 25.8 Å². The van der Waals surface area contributed by atoms with E-state index in [1.807, 2.05) is 11.9 Å². The van der Waals surface area contributed by atoms with Gasteiger partial charge in [0.1, 0.15) is 11.6 Å². The molecule has 0 aliphatic carbocycles. The minimum absolute atomic E-state index is 0.0781. The van der Waals surface area contributed by atoms with E-state index in [4.69, 9.17) is 5.73 Å². The van der Waals surface area contributed by atoms with Crippen LogP contribution in [0.15, 0.2) is 18.2 Å². The Labute approximate surface area is 108 Å². The average Bonchev–Trinajstić information content (AvgIpc) is 2.31. The molecule has 2 N–H and O–H groups in total. The summed E-state index contributed by atoms with van der Waals surface area (Å²) in [6.07, 6.45) is 0.928. The van der Waals surface area contributed by atoms with Crippen molar-refractivity contribution in [1.82, 2.24) is 4.90 Å². The lowest BCUT2D eigenvalue weighted by Crippen LogP contribution is -2.29. The van der Waals surface area contributed by atoms with Crippen LogP contribution in [-0.4, -0.2) is 25.0 Å². The number of nitrogens with two attached hydrogens (primary N) is 1. The van der Waals surface area contributed by atoms with Gasteiger partial charge < -0.3 is 10.6 Å². The molecule has 0 saturated carbocycles. The van der Waals surface area contributed by atoms with Crippen LogP contribution in [0.2, 0.25) is 0 Å². The second kappa shape index (κ2) is 6.25. The molecule has 1 rings (SSSR count). The van der Waals surface area contributed by atoms with Crippen LogP contribution in [0.4, 0.5) is 8.78 Å². The van der Waals surface area contributed by atoms with Crippen LogP contribution >= 0.6 is 0 Å². The van der Waals surface area contributed by atoms with E-state index in [-0.39, 0.29) is 11.2 Å². The Morgan fingerprint density at radius 3 is 2.56 bits per heavy atom. The normalized spacial score (nSPS) is 12.2. The zero-order chi connectivity index (χ0) is 13.8. The Bertz CT molecular complexity index is 391. The average molecular weight is 256 g/mol. The third-order valence-electron chi connectivity index (χ3n) is 3.17. The molecule has 0 unspecified atom stereocenters. The van der Waals surface area contributed by atoms with Crippen LogP contribution in [0.3, 0.4) is 0 Å². The van der Waals surface area contributed by atoms with Gasteiger partial charge in [-0.3, -0.25) is 0 Å². The third-order valence-corrected chi connectivity index (χ3v) is 3.17. The maximum atomic E-state index is 13.5. The van der Waals surface area contributed by atoms with Gasteiger partial charge in [-0.1, -0.05) is 13.8 Å². The summed E-state index contributed by atoms with van der Waals surface area (Å²) in [5, 5.41) is 0. The second-order valence-corrected chi connectivity index (χ2v) is 5.59. The zero-order valence-corrected chi connectivity index (χ0v) is 11.3. The summed E-state index contributed by atoms with van der Waals surface area (Å²) >= 11 is 0. The fraction of sp³-hybridized carbons (Fsp3) is 0.571. The number of hydrogen-bond donors (Lipinski definition) is 1. The van der Waals surface area contributed by atoms with Gasteiger partial charge in [0, 0.05) is 12.1 Å². The molecule has 0 radical (unpaired) electrons. The Morgan fingerprint density at radius 2 is 1.94 bits per heavy atom. The highest BCUT2D eigenvalue weighted by atomic mass is 19.1. The number of nitrogens with zero attached hydrogens (tertiary/aromatic N) is 1. The van der Waals surface area contributed by atoms with Gasteiger partial charge in [0.2, 0.25) is 0 Å². The number of hydrogen-bond acceptors (Lipinski definition) is 2. The highest BCUT2D eigenvalue weighted by Crippen LogP contribution is 2.19. The van der Waals surface area contributed by atoms with Gasteiger partial charge in [-0.15, -0.1) is 0 Å². The van der Waals surface area contributed by atoms with E-state index in [1.54, 1.807) is 0 Å². The predicted octanol–water partition coefficient (Wildman–Crippen LogP) is 2.77. The lowest BCUT2D eigenvalue weighted by Gasteiger charge is -2.26. The first-order valence-corrected chi connectivity index (χ1v) is 6.16. The van der Waals surface area contributed by atoms with Crippen LogP contribution in [0.5, 0.6) is 0 Å². The Balaban J connectivity index is 2.54. The highest BCUT2D eigenvalue weighted by molar-refractivity contribution is 5.18. The van der Waals surface area contributed by atoms with Crippen LogP contribution in [0, 0.1) is 17.0 Å². The van der Waals surface area contributed by atoms with E-state index in [2.05, 4.69) is 13.8 Å². The molecule has 0 bridgehead atoms. The van der Waals surface area contributed by atoms with Crippen LogP contribution < -0.4 is 5.73 Å². The molecule has 0 atom stereocenters. The summed E-state index contributed by atoms with van der Waals surface area (Å²) in [5.74, 6) is -0.761. The summed E-state index contributed by atoms with van der Waals surface area (Å²) in [4.78, 5) is 1.98. The first kappa shape index (κ1) is 15.1. The van der Waals surface area contributed by atoms with Gasteiger partial charge in [0.15, 0.2) is 0 Å². The van der Waals surface area contributed by atoms with Gasteiger partial charge in [-0.2, -0.15) is 0 Å². The minimum Gasteiger partial charge on any atom is -0.330 e. The predicted molar refractivity (Wildman–Crippen MR) is 70.1 cm³/mol. The van der Waals surface area contributed by atoms with E-state index in [1.165, 1.54) is 12.1 Å². The van der Waals surface area contributed by atoms with Gasteiger partial charge in [-0.25, -0.2) is 8.78 Å². The van der Waals surface area contributed by atoms with Crippen molar-refractivity contribution in [3.63, 3.8) is 0 Å². The Kier molecular flexibility index (Phi) is 5.23. The molecule has 1 aromatic rings. The van der Waals surface area contributed by atoms with Crippen LogP contribution in [-0.2, 0) is 6.54 Å². The van der Waals surface area contributed by atoms with Crippen molar-refractivity contribution in [1.29, 1.82) is 0 Å². The number of halogens is 2. The van der Waals surface area contributed by atoms with E-state index >= 15 is 0 Å². The maximum absolute atomic E-state index is 13.5. The zero-order valence-electron chi connectivity index (χ0n) is 11.3. The molecule has 0 fully saturated rings. The Morgan fingerprint density at radius 1 is 1.28 bits per heavy atom. The maximum Gasteiger partial charge on any atom is 0.127 e. The van der Waals surface area contributed by atoms with Crippen molar-refractivity contribution < 1.29 is 8.78 Å². The molecule has 4 heteroatoms. The minimum atomic E-state index is -0.401. The second-order valence-electron chi connectivity index (χ2n) is 5.59. The lowest BCUT2D eigenvalue weighted by atomic mass is 9.89. The molecule has 0 amide bonds. The van der Waals surface area contributed by atoms with Gasteiger partial charge in [0.05, 0.1) is 0 Å². The summed E-state index contributed by atoms with van der Waals surface area (Å²) in [6, 6.07) is 3.55. The number of rotatable bonds is 6. The van der Waals surface area contributed by atoms with Gasteiger partial charge >= 0.3 is 0 Å². The lowest BCUT2D eigenvalue weighted by molar-refractivity contribution is 0.246. The molecule has 0 spiro atoms. The molecule has 0 aliphatic heterocycles. The summed E-state index contributed by atoms with van der Waals surface area (Å²) in [5.41, 5.74) is 6.13. The summed E-state index contributed by atoms with van der Waals surface area (Å²) in [7, 11) is 1.90. The van der Waals surface area contributed by atoms with Crippen LogP contribution in [0.25, 0.3) is 0 Å². The fourth-order valence-electron chi connectivity index (χ4n) is 1.63. The van der Waals surface area contributed by atoms with Gasteiger partial charge in [0.25, 0.3) is 0 Å². The molecule has 0 heterocycles. The molecule has 0 aliphatic rings. The standard InChI is InChI=1S/C14H22F2N2/c1-14(2,10-17)6-7-18(3)9-11-8-12(15)4-5-13(11)16/h4-5,8H,6-7,9-10,17H2,1-3H3. The molecular formula is C14H22F2N2. The first-order valence-electron chi connectivity index (χ1n) is 6.16.